The first-order chi connectivity index (χ1) is 12.2. The molecular weight excluding hydrogens is 326 g/mol. The van der Waals surface area contributed by atoms with Gasteiger partial charge in [-0.15, -0.1) is 0 Å². The lowest BCUT2D eigenvalue weighted by atomic mass is 9.95. The number of carbonyl (C=O) groups is 2. The van der Waals surface area contributed by atoms with Crippen molar-refractivity contribution in [1.29, 1.82) is 0 Å². The van der Waals surface area contributed by atoms with Crippen molar-refractivity contribution >= 4 is 28.9 Å². The van der Waals surface area contributed by atoms with Gasteiger partial charge in [0.25, 0.3) is 0 Å². The molecule has 2 aromatic carbocycles. The molecule has 1 atom stereocenters. The van der Waals surface area contributed by atoms with E-state index in [0.29, 0.717) is 0 Å². The van der Waals surface area contributed by atoms with Gasteiger partial charge < -0.3 is 16.0 Å². The van der Waals surface area contributed by atoms with Crippen molar-refractivity contribution in [3.8, 4) is 0 Å². The highest BCUT2D eigenvalue weighted by atomic mass is 16.2. The summed E-state index contributed by atoms with van der Waals surface area (Å²) in [6, 6.07) is 14.6. The second kappa shape index (κ2) is 8.04. The summed E-state index contributed by atoms with van der Waals surface area (Å²) in [6.45, 7) is 9.37. The maximum Gasteiger partial charge on any atom is 0.246 e. The Morgan fingerprint density at radius 1 is 0.885 bits per heavy atom. The Morgan fingerprint density at radius 2 is 1.46 bits per heavy atom. The van der Waals surface area contributed by atoms with Crippen LogP contribution < -0.4 is 16.0 Å². The van der Waals surface area contributed by atoms with Crippen LogP contribution in [0.15, 0.2) is 48.5 Å². The molecule has 26 heavy (non-hydrogen) atoms. The minimum Gasteiger partial charge on any atom is -0.374 e. The van der Waals surface area contributed by atoms with E-state index in [1.807, 2.05) is 83.1 Å². The van der Waals surface area contributed by atoms with Crippen molar-refractivity contribution in [2.75, 3.05) is 16.0 Å². The number of aryl methyl sites for hydroxylation is 1. The van der Waals surface area contributed by atoms with Gasteiger partial charge in [0.2, 0.25) is 11.8 Å². The summed E-state index contributed by atoms with van der Waals surface area (Å²) in [5.41, 5.74) is 2.93. The normalized spacial score (nSPS) is 12.2. The molecule has 0 spiro atoms. The molecule has 138 valence electrons. The number of carbonyl (C=O) groups excluding carboxylic acids is 2. The van der Waals surface area contributed by atoms with Gasteiger partial charge in [0.05, 0.1) is 0 Å². The lowest BCUT2D eigenvalue weighted by Crippen LogP contribution is -2.32. The first-order valence-electron chi connectivity index (χ1n) is 8.71. The van der Waals surface area contributed by atoms with Gasteiger partial charge in [0, 0.05) is 22.5 Å². The molecule has 0 aliphatic heterocycles. The molecular formula is C21H27N3O2. The molecule has 0 radical (unpaired) electrons. The lowest BCUT2D eigenvalue weighted by molar-refractivity contribution is -0.123. The number of anilines is 3. The highest BCUT2D eigenvalue weighted by molar-refractivity contribution is 5.97. The van der Waals surface area contributed by atoms with Gasteiger partial charge in [0.1, 0.15) is 6.04 Å². The average molecular weight is 353 g/mol. The van der Waals surface area contributed by atoms with Crippen LogP contribution in [0.3, 0.4) is 0 Å². The average Bonchev–Trinajstić information content (AvgIpc) is 2.57. The summed E-state index contributed by atoms with van der Waals surface area (Å²) in [5.74, 6) is -0.145. The van der Waals surface area contributed by atoms with E-state index in [2.05, 4.69) is 16.0 Å². The maximum absolute atomic E-state index is 12.4. The minimum atomic E-state index is -0.445. The zero-order valence-electron chi connectivity index (χ0n) is 16.0. The largest absolute Gasteiger partial charge is 0.374 e. The van der Waals surface area contributed by atoms with Crippen molar-refractivity contribution in [2.24, 2.45) is 5.41 Å². The molecule has 0 saturated carbocycles. The van der Waals surface area contributed by atoms with E-state index in [9.17, 15) is 9.59 Å². The monoisotopic (exact) mass is 353 g/mol. The number of hydrogen-bond donors (Lipinski definition) is 3. The quantitative estimate of drug-likeness (QED) is 0.745. The van der Waals surface area contributed by atoms with Gasteiger partial charge in [-0.1, -0.05) is 39.0 Å². The molecule has 2 amide bonds. The molecule has 3 N–H and O–H groups in total. The molecule has 0 heterocycles. The predicted octanol–water partition coefficient (Wildman–Crippen LogP) is 4.42. The van der Waals surface area contributed by atoms with Gasteiger partial charge in [-0.25, -0.2) is 0 Å². The van der Waals surface area contributed by atoms with E-state index in [1.165, 1.54) is 0 Å². The maximum atomic E-state index is 12.4. The molecule has 0 bridgehead atoms. The molecule has 0 aromatic heterocycles. The van der Waals surface area contributed by atoms with Gasteiger partial charge in [-0.05, 0) is 49.7 Å². The second-order valence-corrected chi connectivity index (χ2v) is 7.45. The summed E-state index contributed by atoms with van der Waals surface area (Å²) in [6.07, 6.45) is 0. The first-order valence-corrected chi connectivity index (χ1v) is 8.71. The topological polar surface area (TPSA) is 70.2 Å². The van der Waals surface area contributed by atoms with E-state index in [-0.39, 0.29) is 11.8 Å². The number of hydrogen-bond acceptors (Lipinski definition) is 3. The van der Waals surface area contributed by atoms with Crippen LogP contribution in [0, 0.1) is 12.3 Å². The number of para-hydroxylation sites is 1. The Hall–Kier alpha value is -2.82. The summed E-state index contributed by atoms with van der Waals surface area (Å²) >= 11 is 0. The van der Waals surface area contributed by atoms with Crippen molar-refractivity contribution in [3.05, 3.63) is 54.1 Å². The van der Waals surface area contributed by atoms with Crippen molar-refractivity contribution in [1.82, 2.24) is 0 Å². The van der Waals surface area contributed by atoms with Crippen LogP contribution in [0.5, 0.6) is 0 Å². The van der Waals surface area contributed by atoms with Gasteiger partial charge in [0.15, 0.2) is 0 Å². The summed E-state index contributed by atoms with van der Waals surface area (Å²) in [5, 5.41) is 8.97. The molecule has 0 aliphatic rings. The fourth-order valence-corrected chi connectivity index (χ4v) is 2.24. The van der Waals surface area contributed by atoms with E-state index in [1.54, 1.807) is 0 Å². The molecule has 0 aliphatic carbocycles. The molecule has 5 heteroatoms. The Kier molecular flexibility index (Phi) is 6.03. The van der Waals surface area contributed by atoms with Crippen LogP contribution in [0.25, 0.3) is 0 Å². The minimum absolute atomic E-state index is 0.0378. The Morgan fingerprint density at radius 3 is 2.04 bits per heavy atom. The third-order valence-corrected chi connectivity index (χ3v) is 4.00. The van der Waals surface area contributed by atoms with Crippen LogP contribution in [-0.4, -0.2) is 17.9 Å². The number of rotatable bonds is 5. The third-order valence-electron chi connectivity index (χ3n) is 4.00. The molecule has 0 fully saturated rings. The van der Waals surface area contributed by atoms with Crippen molar-refractivity contribution in [2.45, 2.75) is 40.7 Å². The fraction of sp³-hybridized carbons (Fsp3) is 0.333. The molecule has 2 rings (SSSR count). The van der Waals surface area contributed by atoms with Crippen LogP contribution in [0.4, 0.5) is 17.1 Å². The Labute approximate surface area is 155 Å². The molecule has 5 nitrogen and oxygen atoms in total. The predicted molar refractivity (Wildman–Crippen MR) is 107 cm³/mol. The van der Waals surface area contributed by atoms with Gasteiger partial charge in [-0.2, -0.15) is 0 Å². The Balaban J connectivity index is 1.94. The standard InChI is InChI=1S/C21H27N3O2/c1-14-8-6-7-9-18(14)24-19(25)15(2)22-16-10-12-17(13-11-16)23-20(26)21(3,4)5/h6-13,15,22H,1-5H3,(H,23,26)(H,24,25). The van der Waals surface area contributed by atoms with Crippen LogP contribution in [0.2, 0.25) is 0 Å². The smallest absolute Gasteiger partial charge is 0.246 e. The van der Waals surface area contributed by atoms with Crippen LogP contribution in [0.1, 0.15) is 33.3 Å². The highest BCUT2D eigenvalue weighted by Crippen LogP contribution is 2.20. The zero-order chi connectivity index (χ0) is 19.3. The van der Waals surface area contributed by atoms with E-state index >= 15 is 0 Å². The Bertz CT molecular complexity index is 777. The van der Waals surface area contributed by atoms with Crippen LogP contribution in [-0.2, 0) is 9.59 Å². The first kappa shape index (κ1) is 19.5. The molecule has 1 unspecified atom stereocenters. The van der Waals surface area contributed by atoms with Crippen molar-refractivity contribution in [3.63, 3.8) is 0 Å². The fourth-order valence-electron chi connectivity index (χ4n) is 2.24. The van der Waals surface area contributed by atoms with Gasteiger partial charge >= 0.3 is 0 Å². The zero-order valence-corrected chi connectivity index (χ0v) is 16.0. The van der Waals surface area contributed by atoms with Gasteiger partial charge in [-0.3, -0.25) is 9.59 Å². The lowest BCUT2D eigenvalue weighted by Gasteiger charge is -2.19. The van der Waals surface area contributed by atoms with E-state index < -0.39 is 11.5 Å². The number of nitrogens with one attached hydrogen (secondary N) is 3. The highest BCUT2D eigenvalue weighted by Gasteiger charge is 2.21. The van der Waals surface area contributed by atoms with E-state index in [4.69, 9.17) is 0 Å². The summed E-state index contributed by atoms with van der Waals surface area (Å²) in [4.78, 5) is 24.4. The number of benzene rings is 2. The molecule has 2 aromatic rings. The number of amides is 2. The third kappa shape index (κ3) is 5.34. The molecule has 0 saturated heterocycles. The van der Waals surface area contributed by atoms with Crippen molar-refractivity contribution < 1.29 is 9.59 Å². The second-order valence-electron chi connectivity index (χ2n) is 7.45. The van der Waals surface area contributed by atoms with E-state index in [0.717, 1.165) is 22.6 Å². The SMILES string of the molecule is Cc1ccccc1NC(=O)C(C)Nc1ccc(NC(=O)C(C)(C)C)cc1. The van der Waals surface area contributed by atoms with Crippen LogP contribution >= 0.6 is 0 Å². The summed E-state index contributed by atoms with van der Waals surface area (Å²) in [7, 11) is 0. The summed E-state index contributed by atoms with van der Waals surface area (Å²) < 4.78 is 0.